The van der Waals surface area contributed by atoms with E-state index in [1.807, 2.05) is 36.4 Å². The Morgan fingerprint density at radius 2 is 1.92 bits per heavy atom. The number of ether oxygens (including phenoxy) is 1. The summed E-state index contributed by atoms with van der Waals surface area (Å²) in [6.07, 6.45) is 5.80. The molecule has 0 fully saturated rings. The highest BCUT2D eigenvalue weighted by Crippen LogP contribution is 2.14. The normalized spacial score (nSPS) is 11.4. The van der Waals surface area contributed by atoms with E-state index in [2.05, 4.69) is 67.8 Å². The van der Waals surface area contributed by atoms with Crippen LogP contribution in [0.25, 0.3) is 0 Å². The summed E-state index contributed by atoms with van der Waals surface area (Å²) in [6.45, 7) is 8.49. The van der Waals surface area contributed by atoms with E-state index < -0.39 is 0 Å². The van der Waals surface area contributed by atoms with E-state index in [0.717, 1.165) is 30.1 Å². The van der Waals surface area contributed by atoms with Gasteiger partial charge in [0.25, 0.3) is 0 Å². The predicted octanol–water partition coefficient (Wildman–Crippen LogP) is 4.70. The molecule has 3 nitrogen and oxygen atoms in total. The Kier molecular flexibility index (Phi) is 7.44. The number of benzene rings is 1. The van der Waals surface area contributed by atoms with Crippen LogP contribution in [0.2, 0.25) is 0 Å². The molecule has 0 unspecified atom stereocenters. The van der Waals surface area contributed by atoms with Gasteiger partial charge < -0.3 is 4.74 Å². The van der Waals surface area contributed by atoms with Gasteiger partial charge in [-0.25, -0.2) is 0 Å². The number of hydrogen-bond donors (Lipinski definition) is 0. The number of pyridine rings is 1. The maximum atomic E-state index is 5.87. The molecule has 26 heavy (non-hydrogen) atoms. The molecule has 2 rings (SSSR count). The quantitative estimate of drug-likeness (QED) is 0.678. The zero-order valence-corrected chi connectivity index (χ0v) is 16.2. The van der Waals surface area contributed by atoms with Crippen molar-refractivity contribution in [3.05, 3.63) is 72.1 Å². The molecule has 2 aromatic rings. The van der Waals surface area contributed by atoms with Gasteiger partial charge in [-0.1, -0.05) is 48.2 Å². The lowest BCUT2D eigenvalue weighted by molar-refractivity contribution is 0.303. The smallest absolute Gasteiger partial charge is 0.123 e. The van der Waals surface area contributed by atoms with Gasteiger partial charge in [0, 0.05) is 30.8 Å². The SMILES string of the molecule is CN(C/C=C/C#CC(C)(C)C)Cc1cc(OCc2ccccc2)ccn1. The standard InChI is InChI=1S/C23H28N2O/c1-23(2,3)14-9-6-10-16-25(4)18-21-17-22(13-15-24-21)26-19-20-11-7-5-8-12-20/h5-8,10-13,15,17H,16,18-19H2,1-4H3/b10-6+. The van der Waals surface area contributed by atoms with Gasteiger partial charge in [-0.2, -0.15) is 0 Å². The van der Waals surface area contributed by atoms with Gasteiger partial charge in [0.15, 0.2) is 0 Å². The number of aromatic nitrogens is 1. The van der Waals surface area contributed by atoms with Crippen LogP contribution in [0.5, 0.6) is 5.75 Å². The Morgan fingerprint density at radius 1 is 1.15 bits per heavy atom. The van der Waals surface area contributed by atoms with E-state index >= 15 is 0 Å². The molecule has 1 heterocycles. The van der Waals surface area contributed by atoms with Crippen LogP contribution < -0.4 is 4.74 Å². The fraction of sp³-hybridized carbons (Fsp3) is 0.348. The third-order valence-corrected chi connectivity index (χ3v) is 3.53. The molecule has 0 spiro atoms. The number of nitrogens with zero attached hydrogens (tertiary/aromatic N) is 2. The Morgan fingerprint density at radius 3 is 2.65 bits per heavy atom. The summed E-state index contributed by atoms with van der Waals surface area (Å²) in [5, 5.41) is 0. The van der Waals surface area contributed by atoms with Crippen LogP contribution in [-0.2, 0) is 13.2 Å². The monoisotopic (exact) mass is 348 g/mol. The summed E-state index contributed by atoms with van der Waals surface area (Å²) in [5.74, 6) is 7.14. The maximum absolute atomic E-state index is 5.87. The maximum Gasteiger partial charge on any atom is 0.123 e. The van der Waals surface area contributed by atoms with Gasteiger partial charge in [0.2, 0.25) is 0 Å². The molecule has 136 valence electrons. The minimum absolute atomic E-state index is 0.0420. The molecule has 0 aliphatic carbocycles. The van der Waals surface area contributed by atoms with E-state index in [9.17, 15) is 0 Å². The Balaban J connectivity index is 1.83. The van der Waals surface area contributed by atoms with Crippen molar-refractivity contribution < 1.29 is 4.74 Å². The molecular formula is C23H28N2O. The molecule has 0 aliphatic rings. The Bertz CT molecular complexity index is 764. The summed E-state index contributed by atoms with van der Waals surface area (Å²) in [6, 6.07) is 14.1. The highest BCUT2D eigenvalue weighted by Gasteiger charge is 2.03. The van der Waals surface area contributed by atoms with Gasteiger partial charge in [0.05, 0.1) is 5.69 Å². The molecule has 1 aromatic heterocycles. The third kappa shape index (κ3) is 8.00. The van der Waals surface area contributed by atoms with Crippen LogP contribution in [0.4, 0.5) is 0 Å². The first-order valence-corrected chi connectivity index (χ1v) is 8.90. The van der Waals surface area contributed by atoms with Crippen LogP contribution in [-0.4, -0.2) is 23.5 Å². The highest BCUT2D eigenvalue weighted by atomic mass is 16.5. The Hall–Kier alpha value is -2.57. The molecule has 0 radical (unpaired) electrons. The van der Waals surface area contributed by atoms with Crippen molar-refractivity contribution in [2.45, 2.75) is 33.9 Å². The molecule has 0 saturated heterocycles. The van der Waals surface area contributed by atoms with Gasteiger partial charge in [-0.05, 0) is 45.5 Å². The summed E-state index contributed by atoms with van der Waals surface area (Å²) in [5.41, 5.74) is 2.19. The zero-order valence-electron chi connectivity index (χ0n) is 16.2. The number of hydrogen-bond acceptors (Lipinski definition) is 3. The molecule has 0 aliphatic heterocycles. The van der Waals surface area contributed by atoms with E-state index in [4.69, 9.17) is 4.74 Å². The largest absolute Gasteiger partial charge is 0.489 e. The lowest BCUT2D eigenvalue weighted by Gasteiger charge is -2.14. The van der Waals surface area contributed by atoms with Crippen LogP contribution in [0.3, 0.4) is 0 Å². The fourth-order valence-electron chi connectivity index (χ4n) is 2.26. The van der Waals surface area contributed by atoms with Crippen LogP contribution in [0.1, 0.15) is 32.0 Å². The third-order valence-electron chi connectivity index (χ3n) is 3.53. The zero-order chi connectivity index (χ0) is 18.8. The van der Waals surface area contributed by atoms with E-state index in [1.165, 1.54) is 0 Å². The first-order valence-electron chi connectivity index (χ1n) is 8.90. The van der Waals surface area contributed by atoms with Gasteiger partial charge >= 0.3 is 0 Å². The van der Waals surface area contributed by atoms with E-state index in [0.29, 0.717) is 6.61 Å². The van der Waals surface area contributed by atoms with Crippen LogP contribution in [0.15, 0.2) is 60.8 Å². The summed E-state index contributed by atoms with van der Waals surface area (Å²) in [4.78, 5) is 6.63. The molecule has 3 heteroatoms. The van der Waals surface area contributed by atoms with Crippen LogP contribution in [0, 0.1) is 17.3 Å². The predicted molar refractivity (Wildman–Crippen MR) is 108 cm³/mol. The van der Waals surface area contributed by atoms with Crippen molar-refractivity contribution in [3.8, 4) is 17.6 Å². The van der Waals surface area contributed by atoms with Crippen LogP contribution >= 0.6 is 0 Å². The average molecular weight is 348 g/mol. The van der Waals surface area contributed by atoms with Crippen molar-refractivity contribution >= 4 is 0 Å². The van der Waals surface area contributed by atoms with E-state index in [-0.39, 0.29) is 5.41 Å². The highest BCUT2D eigenvalue weighted by molar-refractivity contribution is 5.24. The molecular weight excluding hydrogens is 320 g/mol. The minimum atomic E-state index is 0.0420. The van der Waals surface area contributed by atoms with Crippen molar-refractivity contribution in [2.24, 2.45) is 5.41 Å². The van der Waals surface area contributed by atoms with Gasteiger partial charge in [-0.15, -0.1) is 0 Å². The lowest BCUT2D eigenvalue weighted by Crippen LogP contribution is -2.18. The average Bonchev–Trinajstić information content (AvgIpc) is 2.60. The first-order chi connectivity index (χ1) is 12.4. The number of rotatable bonds is 7. The van der Waals surface area contributed by atoms with Gasteiger partial charge in [-0.3, -0.25) is 9.88 Å². The second-order valence-corrected chi connectivity index (χ2v) is 7.38. The summed E-state index contributed by atoms with van der Waals surface area (Å²) < 4.78 is 5.87. The summed E-state index contributed by atoms with van der Waals surface area (Å²) in [7, 11) is 2.07. The first kappa shape index (κ1) is 19.8. The Labute approximate surface area is 157 Å². The topological polar surface area (TPSA) is 25.4 Å². The second kappa shape index (κ2) is 9.79. The van der Waals surface area contributed by atoms with Crippen molar-refractivity contribution in [1.82, 2.24) is 9.88 Å². The molecule has 0 N–H and O–H groups in total. The minimum Gasteiger partial charge on any atom is -0.489 e. The molecule has 0 atom stereocenters. The number of allylic oxidation sites excluding steroid dienone is 1. The fourth-order valence-corrected chi connectivity index (χ4v) is 2.26. The van der Waals surface area contributed by atoms with E-state index in [1.54, 1.807) is 6.20 Å². The molecule has 1 aromatic carbocycles. The summed E-state index contributed by atoms with van der Waals surface area (Å²) >= 11 is 0. The molecule has 0 amide bonds. The van der Waals surface area contributed by atoms with Gasteiger partial charge in [0.1, 0.15) is 12.4 Å². The second-order valence-electron chi connectivity index (χ2n) is 7.38. The van der Waals surface area contributed by atoms with Crippen molar-refractivity contribution in [3.63, 3.8) is 0 Å². The molecule has 0 saturated carbocycles. The number of likely N-dealkylation sites (N-methyl/N-ethyl adjacent to an activating group) is 1. The van der Waals surface area contributed by atoms with Crippen molar-refractivity contribution in [2.75, 3.05) is 13.6 Å². The van der Waals surface area contributed by atoms with Crippen molar-refractivity contribution in [1.29, 1.82) is 0 Å². The lowest BCUT2D eigenvalue weighted by atomic mass is 9.98. The molecule has 0 bridgehead atoms.